The average Bonchev–Trinajstić information content (AvgIpc) is 1.83. The summed E-state index contributed by atoms with van der Waals surface area (Å²) < 4.78 is 33.8. The van der Waals surface area contributed by atoms with Crippen molar-refractivity contribution in [2.45, 2.75) is 19.3 Å². The van der Waals surface area contributed by atoms with Crippen LogP contribution in [0.15, 0.2) is 0 Å². The van der Waals surface area contributed by atoms with E-state index in [2.05, 4.69) is 0 Å². The van der Waals surface area contributed by atoms with Crippen molar-refractivity contribution in [2.24, 2.45) is 5.73 Å². The number of carboxylic acids is 1. The van der Waals surface area contributed by atoms with Crippen LogP contribution in [0.5, 0.6) is 0 Å². The lowest BCUT2D eigenvalue weighted by atomic mass is 10.2. The zero-order chi connectivity index (χ0) is 10.2. The molecule has 0 aliphatic heterocycles. The van der Waals surface area contributed by atoms with E-state index in [-0.39, 0.29) is 0 Å². The third-order valence-electron chi connectivity index (χ3n) is 0.422. The molecule has 0 radical (unpaired) electrons. The van der Waals surface area contributed by atoms with E-state index in [0.717, 1.165) is 0 Å². The first-order chi connectivity index (χ1) is 5.10. The largest absolute Gasteiger partial charge is 0.480 e. The van der Waals surface area contributed by atoms with Gasteiger partial charge in [-0.25, -0.2) is 0 Å². The summed E-state index contributed by atoms with van der Waals surface area (Å²) in [5.74, 6) is -1.67. The second-order valence-electron chi connectivity index (χ2n) is 0.960. The molecule has 0 fully saturated rings. The van der Waals surface area contributed by atoms with Gasteiger partial charge in [0.15, 0.2) is 0 Å². The minimum atomic E-state index is -3.02. The molecule has 0 saturated carbocycles. The maximum atomic E-state index is 10.2. The lowest BCUT2D eigenvalue weighted by Gasteiger charge is -1.97. The Hall–Kier alpha value is -0.570. The van der Waals surface area contributed by atoms with Crippen LogP contribution in [0, 0.1) is 0 Å². The average molecular weight is 108 g/mol. The van der Waals surface area contributed by atoms with E-state index in [9.17, 15) is 4.79 Å². The topological polar surface area (TPSA) is 63.3 Å². The van der Waals surface area contributed by atoms with E-state index in [1.807, 2.05) is 0 Å². The van der Waals surface area contributed by atoms with E-state index in [1.54, 1.807) is 0 Å². The molecule has 1 atom stereocenters. The number of rotatable bonds is 2. The fraction of sp³-hybridized carbons (Fsp3) is 0.750. The Bertz CT molecular complexity index is 188. The Balaban J connectivity index is 4.73. The summed E-state index contributed by atoms with van der Waals surface area (Å²) in [4.78, 5) is 10.2. The van der Waals surface area contributed by atoms with Gasteiger partial charge in [0.2, 0.25) is 0 Å². The molecule has 3 N–H and O–H groups in total. The molecule has 0 aliphatic carbocycles. The van der Waals surface area contributed by atoms with Crippen molar-refractivity contribution < 1.29 is 16.8 Å². The predicted molar refractivity (Wildman–Crippen MR) is 25.9 cm³/mol. The maximum Gasteiger partial charge on any atom is 0.320 e. The van der Waals surface area contributed by atoms with Crippen LogP contribution in [-0.4, -0.2) is 17.1 Å². The molecule has 0 rings (SSSR count). The first-order valence-corrected chi connectivity index (χ1v) is 1.59. The fourth-order valence-electron chi connectivity index (χ4n) is 0.0617. The molecule has 0 saturated heterocycles. The van der Waals surface area contributed by atoms with Crippen molar-refractivity contribution in [3.63, 3.8) is 0 Å². The van der Waals surface area contributed by atoms with Gasteiger partial charge in [-0.2, -0.15) is 0 Å². The monoisotopic (exact) mass is 108 g/mol. The third kappa shape index (κ3) is 2.17. The molecule has 7 heavy (non-hydrogen) atoms. The van der Waals surface area contributed by atoms with Crippen LogP contribution < -0.4 is 5.73 Å². The van der Waals surface area contributed by atoms with Crippen LogP contribution in [0.3, 0.4) is 0 Å². The highest BCUT2D eigenvalue weighted by atomic mass is 16.4. The van der Waals surface area contributed by atoms with Crippen LogP contribution in [0.2, 0.25) is 0 Å². The van der Waals surface area contributed by atoms with Gasteiger partial charge in [-0.3, -0.25) is 4.79 Å². The zero-order valence-electron chi connectivity index (χ0n) is 8.51. The standard InChI is InChI=1S/C4H9NO2/c1-2-3(5)4(6)7/h3H,2,5H2,1H3,(H,6,7)/t3-/m1/s1/i1D3,2D2. The fourth-order valence-corrected chi connectivity index (χ4v) is 0.0617. The summed E-state index contributed by atoms with van der Waals surface area (Å²) in [7, 11) is 0. The summed E-state index contributed by atoms with van der Waals surface area (Å²) in [6.07, 6.45) is -2.90. The highest BCUT2D eigenvalue weighted by Crippen LogP contribution is 1.82. The summed E-state index contributed by atoms with van der Waals surface area (Å²) in [6, 6.07) is -2.04. The first kappa shape index (κ1) is 1.74. The molecule has 3 heteroatoms. The van der Waals surface area contributed by atoms with Crippen molar-refractivity contribution >= 4 is 5.97 Å². The highest BCUT2D eigenvalue weighted by Gasteiger charge is 2.05. The van der Waals surface area contributed by atoms with E-state index in [0.29, 0.717) is 0 Å². The molecule has 0 aromatic heterocycles. The molecule has 0 bridgehead atoms. The maximum absolute atomic E-state index is 10.2. The molecule has 0 unspecified atom stereocenters. The number of hydrogen-bond donors (Lipinski definition) is 2. The predicted octanol–water partition coefficient (Wildman–Crippen LogP) is -0.192. The third-order valence-corrected chi connectivity index (χ3v) is 0.422. The van der Waals surface area contributed by atoms with Crippen LogP contribution in [-0.2, 0) is 4.79 Å². The van der Waals surface area contributed by atoms with Gasteiger partial charge < -0.3 is 10.8 Å². The van der Waals surface area contributed by atoms with Crippen LogP contribution in [0.1, 0.15) is 20.1 Å². The highest BCUT2D eigenvalue weighted by molar-refractivity contribution is 5.72. The van der Waals surface area contributed by atoms with Gasteiger partial charge >= 0.3 is 5.97 Å². The van der Waals surface area contributed by atoms with E-state index in [1.165, 1.54) is 0 Å². The smallest absolute Gasteiger partial charge is 0.320 e. The number of hydrogen-bond acceptors (Lipinski definition) is 2. The zero-order valence-corrected chi connectivity index (χ0v) is 3.51. The number of nitrogens with two attached hydrogens (primary N) is 1. The van der Waals surface area contributed by atoms with Gasteiger partial charge in [-0.15, -0.1) is 0 Å². The Morgan fingerprint density at radius 1 is 2.43 bits per heavy atom. The van der Waals surface area contributed by atoms with Gasteiger partial charge in [-0.05, 0) is 6.37 Å². The Kier molecular flexibility index (Phi) is 0.642. The molecule has 0 aliphatic rings. The molecule has 0 aromatic carbocycles. The van der Waals surface area contributed by atoms with E-state index >= 15 is 0 Å². The van der Waals surface area contributed by atoms with Crippen LogP contribution in [0.25, 0.3) is 0 Å². The summed E-state index contributed by atoms with van der Waals surface area (Å²) in [5.41, 5.74) is 4.85. The normalized spacial score (nSPS) is 27.9. The summed E-state index contributed by atoms with van der Waals surface area (Å²) in [6.45, 7) is -3.02. The lowest BCUT2D eigenvalue weighted by Crippen LogP contribution is -2.28. The van der Waals surface area contributed by atoms with Gasteiger partial charge in [0.05, 0.1) is 0 Å². The minimum absolute atomic E-state index is 1.67. The number of carbonyl (C=O) groups is 1. The van der Waals surface area contributed by atoms with Crippen LogP contribution in [0.4, 0.5) is 0 Å². The Labute approximate surface area is 49.2 Å². The first-order valence-electron chi connectivity index (χ1n) is 4.09. The molecule has 42 valence electrons. The van der Waals surface area contributed by atoms with E-state index in [4.69, 9.17) is 17.7 Å². The Morgan fingerprint density at radius 3 is 3.14 bits per heavy atom. The number of aliphatic carboxylic acids is 1. The molecule has 3 nitrogen and oxygen atoms in total. The molecule has 0 amide bonds. The summed E-state index contributed by atoms with van der Waals surface area (Å²) in [5, 5.41) is 8.27. The molecule has 0 spiro atoms. The van der Waals surface area contributed by atoms with Crippen molar-refractivity contribution in [3.8, 4) is 0 Å². The molecular weight excluding hydrogens is 94.0 g/mol. The van der Waals surface area contributed by atoms with Gasteiger partial charge in [0.25, 0.3) is 0 Å². The van der Waals surface area contributed by atoms with Gasteiger partial charge in [0.1, 0.15) is 6.04 Å². The van der Waals surface area contributed by atoms with Crippen molar-refractivity contribution in [2.75, 3.05) is 0 Å². The van der Waals surface area contributed by atoms with Crippen molar-refractivity contribution in [1.29, 1.82) is 0 Å². The molecular formula is C4H9NO2. The van der Waals surface area contributed by atoms with Gasteiger partial charge in [0, 0.05) is 6.85 Å². The van der Waals surface area contributed by atoms with E-state index < -0.39 is 25.2 Å². The summed E-state index contributed by atoms with van der Waals surface area (Å²) >= 11 is 0. The Morgan fingerprint density at radius 2 is 3.00 bits per heavy atom. The number of carboxylic acid groups (broad SMARTS) is 1. The van der Waals surface area contributed by atoms with Gasteiger partial charge in [-0.1, -0.05) is 6.85 Å². The second-order valence-corrected chi connectivity index (χ2v) is 0.960. The SMILES string of the molecule is [2H]C([2H])([2H])C([2H])([2H])[C@@H](N)C(=O)O. The van der Waals surface area contributed by atoms with Crippen molar-refractivity contribution in [1.82, 2.24) is 0 Å². The molecule has 0 aromatic rings. The second kappa shape index (κ2) is 2.58. The van der Waals surface area contributed by atoms with Crippen molar-refractivity contribution in [3.05, 3.63) is 0 Å². The minimum Gasteiger partial charge on any atom is -0.480 e. The van der Waals surface area contributed by atoms with Crippen LogP contribution >= 0.6 is 0 Å². The lowest BCUT2D eigenvalue weighted by molar-refractivity contribution is -0.138. The molecule has 0 heterocycles. The quantitative estimate of drug-likeness (QED) is 0.515.